The average molecular weight is 408 g/mol. The van der Waals surface area contributed by atoms with Gasteiger partial charge in [-0.15, -0.1) is 0 Å². The normalized spacial score (nSPS) is 13.4. The standard InChI is InChI=1S/C24H28N2O4/c1-2-3-5-18-9-13-21(14-10-18)25-22(27)17-30-24(29)20-11-7-19(8-12-20)16-26-15-4-6-23(26)28/h7-14H,2-6,15-17H2,1H3,(H,25,27). The van der Waals surface area contributed by atoms with Gasteiger partial charge in [-0.3, -0.25) is 9.59 Å². The smallest absolute Gasteiger partial charge is 0.338 e. The van der Waals surface area contributed by atoms with Crippen LogP contribution in [0, 0.1) is 0 Å². The number of ether oxygens (including phenoxy) is 1. The third-order valence-corrected chi connectivity index (χ3v) is 5.13. The summed E-state index contributed by atoms with van der Waals surface area (Å²) in [5.74, 6) is -0.766. The van der Waals surface area contributed by atoms with Crippen molar-refractivity contribution >= 4 is 23.5 Å². The van der Waals surface area contributed by atoms with Crippen LogP contribution < -0.4 is 5.32 Å². The number of aryl methyl sites for hydroxylation is 1. The number of hydrogen-bond donors (Lipinski definition) is 1. The monoisotopic (exact) mass is 408 g/mol. The molecule has 2 aromatic rings. The summed E-state index contributed by atoms with van der Waals surface area (Å²) in [6.07, 6.45) is 4.81. The number of nitrogens with one attached hydrogen (secondary N) is 1. The van der Waals surface area contributed by atoms with Gasteiger partial charge < -0.3 is 15.0 Å². The third-order valence-electron chi connectivity index (χ3n) is 5.13. The second-order valence-electron chi connectivity index (χ2n) is 7.54. The fourth-order valence-electron chi connectivity index (χ4n) is 3.38. The molecule has 1 saturated heterocycles. The summed E-state index contributed by atoms with van der Waals surface area (Å²) in [6.45, 7) is 3.13. The molecule has 158 valence electrons. The molecule has 6 heteroatoms. The van der Waals surface area contributed by atoms with E-state index in [0.717, 1.165) is 37.8 Å². The van der Waals surface area contributed by atoms with E-state index in [1.165, 1.54) is 5.56 Å². The lowest BCUT2D eigenvalue weighted by molar-refractivity contribution is -0.128. The Morgan fingerprint density at radius 2 is 1.73 bits per heavy atom. The number of hydrogen-bond acceptors (Lipinski definition) is 4. The van der Waals surface area contributed by atoms with Crippen molar-refractivity contribution in [3.8, 4) is 0 Å². The lowest BCUT2D eigenvalue weighted by Gasteiger charge is -2.15. The summed E-state index contributed by atoms with van der Waals surface area (Å²) in [4.78, 5) is 37.8. The Hall–Kier alpha value is -3.15. The predicted molar refractivity (Wildman–Crippen MR) is 115 cm³/mol. The van der Waals surface area contributed by atoms with Crippen molar-refractivity contribution < 1.29 is 19.1 Å². The average Bonchev–Trinajstić information content (AvgIpc) is 3.16. The molecule has 0 aromatic heterocycles. The largest absolute Gasteiger partial charge is 0.452 e. The van der Waals surface area contributed by atoms with Crippen LogP contribution in [0.25, 0.3) is 0 Å². The summed E-state index contributed by atoms with van der Waals surface area (Å²) in [6, 6.07) is 14.6. The van der Waals surface area contributed by atoms with E-state index >= 15 is 0 Å². The van der Waals surface area contributed by atoms with Crippen molar-refractivity contribution in [2.75, 3.05) is 18.5 Å². The van der Waals surface area contributed by atoms with Gasteiger partial charge in [-0.1, -0.05) is 37.6 Å². The van der Waals surface area contributed by atoms with Gasteiger partial charge in [-0.25, -0.2) is 4.79 Å². The van der Waals surface area contributed by atoms with Gasteiger partial charge in [0.05, 0.1) is 5.56 Å². The number of unbranched alkanes of at least 4 members (excludes halogenated alkanes) is 1. The van der Waals surface area contributed by atoms with Crippen LogP contribution in [0.5, 0.6) is 0 Å². The van der Waals surface area contributed by atoms with Crippen LogP contribution >= 0.6 is 0 Å². The van der Waals surface area contributed by atoms with Crippen molar-refractivity contribution in [3.63, 3.8) is 0 Å². The van der Waals surface area contributed by atoms with Gasteiger partial charge in [0.15, 0.2) is 6.61 Å². The third kappa shape index (κ3) is 6.17. The molecule has 1 aliphatic heterocycles. The molecule has 2 amide bonds. The Bertz CT molecular complexity index is 875. The molecule has 0 saturated carbocycles. The summed E-state index contributed by atoms with van der Waals surface area (Å²) in [5, 5.41) is 2.73. The minimum absolute atomic E-state index is 0.167. The molecule has 1 N–H and O–H groups in total. The number of carbonyl (C=O) groups excluding carboxylic acids is 3. The van der Waals surface area contributed by atoms with Crippen LogP contribution in [0.4, 0.5) is 5.69 Å². The highest BCUT2D eigenvalue weighted by Gasteiger charge is 2.20. The number of nitrogens with zero attached hydrogens (tertiary/aromatic N) is 1. The summed E-state index contributed by atoms with van der Waals surface area (Å²) in [5.41, 5.74) is 3.25. The van der Waals surface area contributed by atoms with Gasteiger partial charge in [0.2, 0.25) is 5.91 Å². The van der Waals surface area contributed by atoms with Crippen molar-refractivity contribution in [1.29, 1.82) is 0 Å². The van der Waals surface area contributed by atoms with Crippen molar-refractivity contribution in [1.82, 2.24) is 4.90 Å². The van der Waals surface area contributed by atoms with Crippen LogP contribution in [-0.2, 0) is 27.3 Å². The first-order chi connectivity index (χ1) is 14.5. The highest BCUT2D eigenvalue weighted by Crippen LogP contribution is 2.15. The van der Waals surface area contributed by atoms with E-state index in [1.807, 2.05) is 41.3 Å². The fraction of sp³-hybridized carbons (Fsp3) is 0.375. The molecule has 3 rings (SSSR count). The molecule has 1 heterocycles. The second kappa shape index (κ2) is 10.6. The Morgan fingerprint density at radius 1 is 1.03 bits per heavy atom. The van der Waals surface area contributed by atoms with Crippen molar-refractivity contribution in [3.05, 3.63) is 65.2 Å². The maximum absolute atomic E-state index is 12.2. The van der Waals surface area contributed by atoms with Crippen LogP contribution in [0.15, 0.2) is 48.5 Å². The van der Waals surface area contributed by atoms with Crippen LogP contribution in [0.1, 0.15) is 54.1 Å². The first-order valence-electron chi connectivity index (χ1n) is 10.5. The highest BCUT2D eigenvalue weighted by molar-refractivity contribution is 5.95. The van der Waals surface area contributed by atoms with Crippen molar-refractivity contribution in [2.24, 2.45) is 0 Å². The van der Waals surface area contributed by atoms with Gasteiger partial charge in [0, 0.05) is 25.2 Å². The minimum Gasteiger partial charge on any atom is -0.452 e. The zero-order valence-electron chi connectivity index (χ0n) is 17.4. The second-order valence-corrected chi connectivity index (χ2v) is 7.54. The Morgan fingerprint density at radius 3 is 2.37 bits per heavy atom. The first kappa shape index (κ1) is 21.6. The number of benzene rings is 2. The van der Waals surface area contributed by atoms with E-state index < -0.39 is 5.97 Å². The van der Waals surface area contributed by atoms with Crippen LogP contribution in [0.2, 0.25) is 0 Å². The zero-order valence-corrected chi connectivity index (χ0v) is 17.4. The molecule has 0 radical (unpaired) electrons. The van der Waals surface area contributed by atoms with Crippen molar-refractivity contribution in [2.45, 2.75) is 45.6 Å². The van der Waals surface area contributed by atoms with Gasteiger partial charge in [0.1, 0.15) is 0 Å². The number of rotatable bonds is 9. The molecule has 2 aromatic carbocycles. The summed E-state index contributed by atoms with van der Waals surface area (Å²) in [7, 11) is 0. The molecule has 1 fully saturated rings. The van der Waals surface area contributed by atoms with E-state index in [9.17, 15) is 14.4 Å². The molecular formula is C24H28N2O4. The van der Waals surface area contributed by atoms with Gasteiger partial charge >= 0.3 is 5.97 Å². The van der Waals surface area contributed by atoms with E-state index in [-0.39, 0.29) is 18.4 Å². The van der Waals surface area contributed by atoms with E-state index in [4.69, 9.17) is 4.74 Å². The summed E-state index contributed by atoms with van der Waals surface area (Å²) >= 11 is 0. The highest BCUT2D eigenvalue weighted by atomic mass is 16.5. The van der Waals surface area contributed by atoms with E-state index in [2.05, 4.69) is 12.2 Å². The Kier molecular flexibility index (Phi) is 7.60. The Balaban J connectivity index is 1.44. The lowest BCUT2D eigenvalue weighted by Crippen LogP contribution is -2.23. The maximum atomic E-state index is 12.2. The Labute approximate surface area is 177 Å². The number of likely N-dealkylation sites (tertiary alicyclic amines) is 1. The molecule has 0 spiro atoms. The first-order valence-corrected chi connectivity index (χ1v) is 10.5. The molecule has 0 bridgehead atoms. The topological polar surface area (TPSA) is 75.7 Å². The number of carbonyl (C=O) groups is 3. The van der Waals surface area contributed by atoms with Gasteiger partial charge in [-0.05, 0) is 54.7 Å². The maximum Gasteiger partial charge on any atom is 0.338 e. The minimum atomic E-state index is -0.552. The number of anilines is 1. The molecule has 1 aliphatic rings. The molecule has 6 nitrogen and oxygen atoms in total. The zero-order chi connectivity index (χ0) is 21.3. The number of esters is 1. The number of amides is 2. The lowest BCUT2D eigenvalue weighted by atomic mass is 10.1. The molecular weight excluding hydrogens is 380 g/mol. The molecule has 0 unspecified atom stereocenters. The van der Waals surface area contributed by atoms with E-state index in [1.54, 1.807) is 12.1 Å². The predicted octanol–water partition coefficient (Wildman–Crippen LogP) is 3.95. The van der Waals surface area contributed by atoms with Gasteiger partial charge in [-0.2, -0.15) is 0 Å². The molecule has 0 aliphatic carbocycles. The van der Waals surface area contributed by atoms with Crippen LogP contribution in [0.3, 0.4) is 0 Å². The summed E-state index contributed by atoms with van der Waals surface area (Å²) < 4.78 is 5.11. The van der Waals surface area contributed by atoms with Crippen LogP contribution in [-0.4, -0.2) is 35.8 Å². The molecule has 0 atom stereocenters. The van der Waals surface area contributed by atoms with Gasteiger partial charge in [0.25, 0.3) is 5.91 Å². The van der Waals surface area contributed by atoms with E-state index in [0.29, 0.717) is 24.2 Å². The SMILES string of the molecule is CCCCc1ccc(NC(=O)COC(=O)c2ccc(CN3CCCC3=O)cc2)cc1. The molecule has 30 heavy (non-hydrogen) atoms. The quantitative estimate of drug-likeness (QED) is 0.638. The fourth-order valence-corrected chi connectivity index (χ4v) is 3.38.